The van der Waals surface area contributed by atoms with Crippen LogP contribution in [-0.4, -0.2) is 45.5 Å². The standard InChI is InChI=1S/C23H38O5Si/c1-16(2)29(17(3)4,18(5)6)28-15-22-23(21(24)12-13-26-22)27-14-19-8-10-20(25-7)11-9-19/h8-13,16-18,21-24H,14-15H2,1-7H3. The fourth-order valence-electron chi connectivity index (χ4n) is 4.61. The molecule has 0 saturated carbocycles. The van der Waals surface area contributed by atoms with Gasteiger partial charge in [0.25, 0.3) is 0 Å². The molecule has 1 aromatic rings. The molecule has 1 N–H and O–H groups in total. The Bertz CT molecular complexity index is 619. The molecule has 3 unspecified atom stereocenters. The Hall–Kier alpha value is -1.34. The van der Waals surface area contributed by atoms with Crippen LogP contribution in [0.2, 0.25) is 16.6 Å². The smallest absolute Gasteiger partial charge is 0.200 e. The Kier molecular flexibility index (Phi) is 8.76. The summed E-state index contributed by atoms with van der Waals surface area (Å²) in [5.74, 6) is 0.807. The summed E-state index contributed by atoms with van der Waals surface area (Å²) in [6.07, 6.45) is 1.67. The third kappa shape index (κ3) is 5.63. The minimum Gasteiger partial charge on any atom is -0.497 e. The molecule has 5 nitrogen and oxygen atoms in total. The number of rotatable bonds is 10. The van der Waals surface area contributed by atoms with E-state index in [4.69, 9.17) is 18.6 Å². The van der Waals surface area contributed by atoms with Crippen LogP contribution in [0.1, 0.15) is 47.1 Å². The number of hydrogen-bond acceptors (Lipinski definition) is 5. The van der Waals surface area contributed by atoms with Crippen LogP contribution in [0.4, 0.5) is 0 Å². The fraction of sp³-hybridized carbons (Fsp3) is 0.652. The van der Waals surface area contributed by atoms with Gasteiger partial charge in [0.05, 0.1) is 26.6 Å². The van der Waals surface area contributed by atoms with E-state index in [1.165, 1.54) is 0 Å². The van der Waals surface area contributed by atoms with Gasteiger partial charge in [-0.1, -0.05) is 53.7 Å². The third-order valence-corrected chi connectivity index (χ3v) is 12.1. The zero-order valence-electron chi connectivity index (χ0n) is 18.9. The summed E-state index contributed by atoms with van der Waals surface area (Å²) in [4.78, 5) is 0. The molecular formula is C23H38O5Si. The quantitative estimate of drug-likeness (QED) is 0.535. The molecule has 0 amide bonds. The van der Waals surface area contributed by atoms with E-state index in [9.17, 15) is 5.11 Å². The predicted molar refractivity (Wildman–Crippen MR) is 119 cm³/mol. The Labute approximate surface area is 177 Å². The van der Waals surface area contributed by atoms with E-state index in [0.29, 0.717) is 29.8 Å². The molecule has 1 aliphatic heterocycles. The lowest BCUT2D eigenvalue weighted by Crippen LogP contribution is -2.52. The van der Waals surface area contributed by atoms with Crippen molar-refractivity contribution in [2.45, 2.75) is 83.1 Å². The van der Waals surface area contributed by atoms with Crippen LogP contribution >= 0.6 is 0 Å². The molecule has 0 radical (unpaired) electrons. The van der Waals surface area contributed by atoms with Gasteiger partial charge in [-0.2, -0.15) is 0 Å². The molecule has 1 aliphatic rings. The number of benzene rings is 1. The van der Waals surface area contributed by atoms with Gasteiger partial charge in [-0.3, -0.25) is 0 Å². The van der Waals surface area contributed by atoms with E-state index >= 15 is 0 Å². The number of methoxy groups -OCH3 is 1. The van der Waals surface area contributed by atoms with Crippen molar-refractivity contribution < 1.29 is 23.7 Å². The average molecular weight is 423 g/mol. The minimum atomic E-state index is -2.02. The summed E-state index contributed by atoms with van der Waals surface area (Å²) >= 11 is 0. The van der Waals surface area contributed by atoms with Crippen molar-refractivity contribution in [1.82, 2.24) is 0 Å². The number of aliphatic hydroxyl groups excluding tert-OH is 1. The van der Waals surface area contributed by atoms with Crippen LogP contribution < -0.4 is 4.74 Å². The van der Waals surface area contributed by atoms with Crippen molar-refractivity contribution in [2.75, 3.05) is 13.7 Å². The van der Waals surface area contributed by atoms with Gasteiger partial charge in [-0.25, -0.2) is 0 Å². The first kappa shape index (κ1) is 23.9. The van der Waals surface area contributed by atoms with Crippen molar-refractivity contribution in [2.24, 2.45) is 0 Å². The number of aliphatic hydroxyl groups is 1. The van der Waals surface area contributed by atoms with Gasteiger partial charge in [-0.15, -0.1) is 0 Å². The van der Waals surface area contributed by atoms with Crippen molar-refractivity contribution in [1.29, 1.82) is 0 Å². The fourth-order valence-corrected chi connectivity index (χ4v) is 10.1. The topological polar surface area (TPSA) is 57.2 Å². The highest BCUT2D eigenvalue weighted by molar-refractivity contribution is 6.77. The number of ether oxygens (including phenoxy) is 3. The second-order valence-electron chi connectivity index (χ2n) is 8.75. The van der Waals surface area contributed by atoms with Crippen LogP contribution in [-0.2, 0) is 20.5 Å². The monoisotopic (exact) mass is 422 g/mol. The first-order valence-electron chi connectivity index (χ1n) is 10.6. The van der Waals surface area contributed by atoms with Gasteiger partial charge < -0.3 is 23.7 Å². The van der Waals surface area contributed by atoms with Gasteiger partial charge in [0.1, 0.15) is 24.1 Å². The summed E-state index contributed by atoms with van der Waals surface area (Å²) in [6.45, 7) is 14.4. The average Bonchev–Trinajstić information content (AvgIpc) is 2.67. The maximum Gasteiger partial charge on any atom is 0.200 e. The van der Waals surface area contributed by atoms with E-state index in [-0.39, 0.29) is 6.10 Å². The van der Waals surface area contributed by atoms with Crippen molar-refractivity contribution >= 4 is 8.32 Å². The minimum absolute atomic E-state index is 0.337. The molecule has 6 heteroatoms. The Balaban J connectivity index is 2.07. The molecule has 164 valence electrons. The van der Waals surface area contributed by atoms with Gasteiger partial charge in [0.2, 0.25) is 8.32 Å². The van der Waals surface area contributed by atoms with E-state index in [1.807, 2.05) is 24.3 Å². The van der Waals surface area contributed by atoms with Crippen molar-refractivity contribution in [3.05, 3.63) is 42.2 Å². The molecule has 1 aromatic carbocycles. The maximum atomic E-state index is 10.5. The second kappa shape index (κ2) is 10.6. The Morgan fingerprint density at radius 3 is 2.10 bits per heavy atom. The molecule has 3 atom stereocenters. The Morgan fingerprint density at radius 1 is 1.00 bits per heavy atom. The van der Waals surface area contributed by atoms with Crippen LogP contribution in [0.5, 0.6) is 5.75 Å². The van der Waals surface area contributed by atoms with Crippen LogP contribution in [0.25, 0.3) is 0 Å². The maximum absolute atomic E-state index is 10.5. The summed E-state index contributed by atoms with van der Waals surface area (Å²) in [5, 5.41) is 10.5. The molecular weight excluding hydrogens is 384 g/mol. The molecule has 0 bridgehead atoms. The van der Waals surface area contributed by atoms with Gasteiger partial charge in [-0.05, 0) is 40.4 Å². The molecule has 0 saturated heterocycles. The molecule has 2 rings (SSSR count). The molecule has 0 spiro atoms. The van der Waals surface area contributed by atoms with Gasteiger partial charge in [0, 0.05) is 0 Å². The molecule has 1 heterocycles. The van der Waals surface area contributed by atoms with E-state index in [2.05, 4.69) is 41.5 Å². The first-order valence-corrected chi connectivity index (χ1v) is 12.7. The highest BCUT2D eigenvalue weighted by atomic mass is 28.4. The summed E-state index contributed by atoms with van der Waals surface area (Å²) < 4.78 is 23.8. The highest BCUT2D eigenvalue weighted by Gasteiger charge is 2.46. The zero-order chi connectivity index (χ0) is 21.6. The van der Waals surface area contributed by atoms with E-state index < -0.39 is 20.5 Å². The van der Waals surface area contributed by atoms with E-state index in [1.54, 1.807) is 19.4 Å². The predicted octanol–water partition coefficient (Wildman–Crippen LogP) is 5.05. The SMILES string of the molecule is COc1ccc(COC2C(O)C=COC2CO[Si](C(C)C)(C(C)C)C(C)C)cc1. The van der Waals surface area contributed by atoms with Gasteiger partial charge in [0.15, 0.2) is 0 Å². The van der Waals surface area contributed by atoms with Crippen LogP contribution in [0.15, 0.2) is 36.6 Å². The number of hydrogen-bond donors (Lipinski definition) is 1. The lowest BCUT2D eigenvalue weighted by Gasteiger charge is -2.43. The third-order valence-electron chi connectivity index (χ3n) is 6.04. The van der Waals surface area contributed by atoms with Gasteiger partial charge >= 0.3 is 0 Å². The first-order chi connectivity index (χ1) is 13.7. The molecule has 29 heavy (non-hydrogen) atoms. The van der Waals surface area contributed by atoms with Crippen molar-refractivity contribution in [3.8, 4) is 5.75 Å². The highest BCUT2D eigenvalue weighted by Crippen LogP contribution is 2.42. The van der Waals surface area contributed by atoms with Crippen molar-refractivity contribution in [3.63, 3.8) is 0 Å². The zero-order valence-corrected chi connectivity index (χ0v) is 19.9. The lowest BCUT2D eigenvalue weighted by molar-refractivity contribution is -0.119. The summed E-state index contributed by atoms with van der Waals surface area (Å²) in [5.41, 5.74) is 2.49. The largest absolute Gasteiger partial charge is 0.497 e. The van der Waals surface area contributed by atoms with Crippen LogP contribution in [0.3, 0.4) is 0 Å². The molecule has 0 aromatic heterocycles. The Morgan fingerprint density at radius 2 is 1.59 bits per heavy atom. The molecule has 0 fully saturated rings. The van der Waals surface area contributed by atoms with Crippen LogP contribution in [0, 0.1) is 0 Å². The van der Waals surface area contributed by atoms with E-state index in [0.717, 1.165) is 11.3 Å². The lowest BCUT2D eigenvalue weighted by atomic mass is 10.1. The molecule has 0 aliphatic carbocycles. The summed E-state index contributed by atoms with van der Waals surface area (Å²) in [6, 6.07) is 7.73. The summed E-state index contributed by atoms with van der Waals surface area (Å²) in [7, 11) is -0.370. The normalized spacial score (nSPS) is 22.4. The second-order valence-corrected chi connectivity index (χ2v) is 14.2.